The van der Waals surface area contributed by atoms with Crippen LogP contribution in [0.25, 0.3) is 0 Å². The molecular weight excluding hydrogens is 222 g/mol. The summed E-state index contributed by atoms with van der Waals surface area (Å²) in [5.41, 5.74) is 1.21. The zero-order valence-corrected chi connectivity index (χ0v) is 11.4. The van der Waals surface area contributed by atoms with E-state index in [1.165, 1.54) is 63.1 Å². The van der Waals surface area contributed by atoms with Crippen LogP contribution in [0.4, 0.5) is 5.82 Å². The highest BCUT2D eigenvalue weighted by molar-refractivity contribution is 5.40. The van der Waals surface area contributed by atoms with Gasteiger partial charge in [0.25, 0.3) is 0 Å². The fourth-order valence-electron chi connectivity index (χ4n) is 2.67. The van der Waals surface area contributed by atoms with Crippen molar-refractivity contribution in [1.82, 2.24) is 9.97 Å². The Hall–Kier alpha value is -1.12. The normalized spacial score (nSPS) is 20.8. The van der Waals surface area contributed by atoms with E-state index in [-0.39, 0.29) is 0 Å². The Labute approximate surface area is 110 Å². The summed E-state index contributed by atoms with van der Waals surface area (Å²) in [6.07, 6.45) is 8.95. The summed E-state index contributed by atoms with van der Waals surface area (Å²) < 4.78 is 0. The molecule has 0 bridgehead atoms. The van der Waals surface area contributed by atoms with E-state index in [1.54, 1.807) is 0 Å². The van der Waals surface area contributed by atoms with Crippen molar-refractivity contribution in [2.24, 2.45) is 0 Å². The molecule has 2 aliphatic rings. The lowest BCUT2D eigenvalue weighted by Gasteiger charge is -2.22. The molecule has 1 aliphatic carbocycles. The van der Waals surface area contributed by atoms with E-state index in [4.69, 9.17) is 9.97 Å². The summed E-state index contributed by atoms with van der Waals surface area (Å²) in [6.45, 7) is 4.53. The minimum absolute atomic E-state index is 0.655. The van der Waals surface area contributed by atoms with Gasteiger partial charge in [0.2, 0.25) is 0 Å². The lowest BCUT2D eigenvalue weighted by molar-refractivity contribution is 0.726. The average Bonchev–Trinajstić information content (AvgIpc) is 3.24. The SMILES string of the molecule is CCc1cc(N2CCCCCC2)nc(C2CC2)n1. The van der Waals surface area contributed by atoms with Gasteiger partial charge < -0.3 is 4.90 Å². The Morgan fingerprint density at radius 2 is 1.83 bits per heavy atom. The highest BCUT2D eigenvalue weighted by Crippen LogP contribution is 2.38. The van der Waals surface area contributed by atoms with Crippen molar-refractivity contribution in [1.29, 1.82) is 0 Å². The second-order valence-corrected chi connectivity index (χ2v) is 5.60. The maximum absolute atomic E-state index is 4.82. The number of anilines is 1. The van der Waals surface area contributed by atoms with E-state index < -0.39 is 0 Å². The van der Waals surface area contributed by atoms with Crippen molar-refractivity contribution in [2.45, 2.75) is 57.8 Å². The third-order valence-corrected chi connectivity index (χ3v) is 4.02. The largest absolute Gasteiger partial charge is 0.357 e. The fraction of sp³-hybridized carbons (Fsp3) is 0.733. The van der Waals surface area contributed by atoms with E-state index in [0.29, 0.717) is 5.92 Å². The van der Waals surface area contributed by atoms with Gasteiger partial charge in [0.05, 0.1) is 0 Å². The van der Waals surface area contributed by atoms with Gasteiger partial charge >= 0.3 is 0 Å². The molecule has 18 heavy (non-hydrogen) atoms. The number of aromatic nitrogens is 2. The predicted molar refractivity (Wildman–Crippen MR) is 74.1 cm³/mol. The molecule has 2 fully saturated rings. The van der Waals surface area contributed by atoms with Crippen LogP contribution in [0.2, 0.25) is 0 Å². The summed E-state index contributed by atoms with van der Waals surface area (Å²) in [5.74, 6) is 2.95. The first-order valence-electron chi connectivity index (χ1n) is 7.49. The van der Waals surface area contributed by atoms with Crippen molar-refractivity contribution < 1.29 is 0 Å². The molecule has 3 nitrogen and oxygen atoms in total. The predicted octanol–water partition coefficient (Wildman–Crippen LogP) is 3.30. The van der Waals surface area contributed by atoms with Crippen LogP contribution in [0.5, 0.6) is 0 Å². The Balaban J connectivity index is 1.86. The van der Waals surface area contributed by atoms with Crippen LogP contribution in [0.3, 0.4) is 0 Å². The van der Waals surface area contributed by atoms with Crippen LogP contribution in [0, 0.1) is 0 Å². The topological polar surface area (TPSA) is 29.0 Å². The van der Waals surface area contributed by atoms with E-state index in [9.17, 15) is 0 Å². The van der Waals surface area contributed by atoms with Crippen molar-refractivity contribution in [3.63, 3.8) is 0 Å². The maximum atomic E-state index is 4.82. The molecule has 0 amide bonds. The molecule has 0 atom stereocenters. The molecule has 0 N–H and O–H groups in total. The zero-order valence-electron chi connectivity index (χ0n) is 11.4. The Kier molecular flexibility index (Phi) is 3.48. The number of rotatable bonds is 3. The molecule has 1 aliphatic heterocycles. The van der Waals surface area contributed by atoms with Crippen molar-refractivity contribution in [2.75, 3.05) is 18.0 Å². The monoisotopic (exact) mass is 245 g/mol. The highest BCUT2D eigenvalue weighted by Gasteiger charge is 2.27. The quantitative estimate of drug-likeness (QED) is 0.818. The molecule has 1 aromatic rings. The molecule has 2 heterocycles. The van der Waals surface area contributed by atoms with E-state index in [0.717, 1.165) is 12.2 Å². The minimum atomic E-state index is 0.655. The number of hydrogen-bond donors (Lipinski definition) is 0. The lowest BCUT2D eigenvalue weighted by Crippen LogP contribution is -2.25. The molecule has 0 aromatic carbocycles. The molecule has 1 aromatic heterocycles. The van der Waals surface area contributed by atoms with Crippen LogP contribution in [0.1, 0.15) is 62.9 Å². The van der Waals surface area contributed by atoms with E-state index in [2.05, 4.69) is 17.9 Å². The standard InChI is InChI=1S/C15H23N3/c1-2-13-11-14(17-15(16-13)12-7-8-12)18-9-5-3-4-6-10-18/h11-12H,2-10H2,1H3. The van der Waals surface area contributed by atoms with E-state index in [1.807, 2.05) is 0 Å². The molecule has 0 spiro atoms. The van der Waals surface area contributed by atoms with Gasteiger partial charge in [-0.2, -0.15) is 0 Å². The molecule has 0 radical (unpaired) electrons. The molecule has 3 rings (SSSR count). The van der Waals surface area contributed by atoms with Crippen LogP contribution >= 0.6 is 0 Å². The summed E-state index contributed by atoms with van der Waals surface area (Å²) in [4.78, 5) is 12.0. The Morgan fingerprint density at radius 1 is 1.11 bits per heavy atom. The maximum Gasteiger partial charge on any atom is 0.134 e. The molecule has 98 valence electrons. The number of nitrogens with zero attached hydrogens (tertiary/aromatic N) is 3. The van der Waals surface area contributed by atoms with Crippen molar-refractivity contribution in [3.05, 3.63) is 17.6 Å². The third kappa shape index (κ3) is 2.65. The first-order valence-corrected chi connectivity index (χ1v) is 7.49. The van der Waals surface area contributed by atoms with Crippen LogP contribution in [-0.4, -0.2) is 23.1 Å². The van der Waals surface area contributed by atoms with Gasteiger partial charge in [-0.3, -0.25) is 0 Å². The van der Waals surface area contributed by atoms with Gasteiger partial charge in [-0.1, -0.05) is 19.8 Å². The van der Waals surface area contributed by atoms with Crippen LogP contribution < -0.4 is 4.90 Å². The molecule has 1 saturated carbocycles. The van der Waals surface area contributed by atoms with Crippen molar-refractivity contribution in [3.8, 4) is 0 Å². The van der Waals surface area contributed by atoms with Gasteiger partial charge in [-0.25, -0.2) is 9.97 Å². The summed E-state index contributed by atoms with van der Waals surface area (Å²) >= 11 is 0. The number of aryl methyl sites for hydroxylation is 1. The summed E-state index contributed by atoms with van der Waals surface area (Å²) in [6, 6.07) is 2.21. The van der Waals surface area contributed by atoms with Gasteiger partial charge in [0.15, 0.2) is 0 Å². The Bertz CT molecular complexity index is 404. The average molecular weight is 245 g/mol. The first kappa shape index (κ1) is 11.9. The fourth-order valence-corrected chi connectivity index (χ4v) is 2.67. The zero-order chi connectivity index (χ0) is 12.4. The lowest BCUT2D eigenvalue weighted by atomic mass is 10.2. The molecular formula is C15H23N3. The van der Waals surface area contributed by atoms with E-state index >= 15 is 0 Å². The van der Waals surface area contributed by atoms with Crippen LogP contribution in [0.15, 0.2) is 6.07 Å². The second-order valence-electron chi connectivity index (χ2n) is 5.60. The van der Waals surface area contributed by atoms with Gasteiger partial charge in [-0.15, -0.1) is 0 Å². The second kappa shape index (κ2) is 5.25. The summed E-state index contributed by atoms with van der Waals surface area (Å²) in [5, 5.41) is 0. The van der Waals surface area contributed by atoms with Gasteiger partial charge in [0.1, 0.15) is 11.6 Å². The van der Waals surface area contributed by atoms with Crippen LogP contribution in [-0.2, 0) is 6.42 Å². The number of hydrogen-bond acceptors (Lipinski definition) is 3. The van der Waals surface area contributed by atoms with Gasteiger partial charge in [-0.05, 0) is 32.1 Å². The molecule has 0 unspecified atom stereocenters. The van der Waals surface area contributed by atoms with Gasteiger partial charge in [0, 0.05) is 30.8 Å². The third-order valence-electron chi connectivity index (χ3n) is 4.02. The molecule has 3 heteroatoms. The summed E-state index contributed by atoms with van der Waals surface area (Å²) in [7, 11) is 0. The molecule has 1 saturated heterocycles. The minimum Gasteiger partial charge on any atom is -0.357 e. The first-order chi connectivity index (χ1) is 8.86. The Morgan fingerprint density at radius 3 is 2.44 bits per heavy atom. The highest BCUT2D eigenvalue weighted by atomic mass is 15.2. The smallest absolute Gasteiger partial charge is 0.134 e. The van der Waals surface area contributed by atoms with Crippen molar-refractivity contribution >= 4 is 5.82 Å².